The van der Waals surface area contributed by atoms with Gasteiger partial charge < -0.3 is 10.0 Å². The van der Waals surface area contributed by atoms with E-state index in [-0.39, 0.29) is 0 Å². The molecule has 0 spiro atoms. The molecule has 1 N–H and O–H groups in total. The SMILES string of the molecule is O/N=C/c1cc[n+](CCC[n+]2ccc(/C=N/OCc3ccccc3)cc2)cc1. The zero-order valence-corrected chi connectivity index (χ0v) is 15.6. The van der Waals surface area contributed by atoms with Gasteiger partial charge in [0.05, 0.1) is 18.9 Å². The fourth-order valence-electron chi connectivity index (χ4n) is 2.69. The summed E-state index contributed by atoms with van der Waals surface area (Å²) in [7, 11) is 0. The van der Waals surface area contributed by atoms with Gasteiger partial charge in [-0.2, -0.15) is 0 Å². The van der Waals surface area contributed by atoms with E-state index in [1.807, 2.05) is 79.4 Å². The van der Waals surface area contributed by atoms with E-state index in [0.29, 0.717) is 6.61 Å². The molecule has 142 valence electrons. The maximum Gasteiger partial charge on any atom is 0.169 e. The summed E-state index contributed by atoms with van der Waals surface area (Å²) in [5.41, 5.74) is 2.97. The largest absolute Gasteiger partial charge is 0.411 e. The molecule has 0 unspecified atom stereocenters. The second-order valence-corrected chi connectivity index (χ2v) is 6.33. The first-order chi connectivity index (χ1) is 13.8. The average molecular weight is 376 g/mol. The number of rotatable bonds is 9. The predicted molar refractivity (Wildman–Crippen MR) is 106 cm³/mol. The van der Waals surface area contributed by atoms with E-state index in [1.54, 1.807) is 6.21 Å². The summed E-state index contributed by atoms with van der Waals surface area (Å²) in [5, 5.41) is 15.6. The third kappa shape index (κ3) is 6.32. The van der Waals surface area contributed by atoms with Crippen LogP contribution in [-0.2, 0) is 24.5 Å². The van der Waals surface area contributed by atoms with Crippen molar-refractivity contribution >= 4 is 12.4 Å². The Labute approximate surface area is 164 Å². The average Bonchev–Trinajstić information content (AvgIpc) is 2.74. The molecular weight excluding hydrogens is 352 g/mol. The fraction of sp³-hybridized carbons (Fsp3) is 0.182. The lowest BCUT2D eigenvalue weighted by Gasteiger charge is -1.99. The number of benzene rings is 1. The number of pyridine rings is 2. The molecule has 2 aromatic heterocycles. The molecule has 28 heavy (non-hydrogen) atoms. The molecule has 6 nitrogen and oxygen atoms in total. The van der Waals surface area contributed by atoms with Crippen LogP contribution in [0.4, 0.5) is 0 Å². The Morgan fingerprint density at radius 1 is 0.786 bits per heavy atom. The first-order valence-electron chi connectivity index (χ1n) is 9.18. The molecule has 0 aliphatic carbocycles. The van der Waals surface area contributed by atoms with Gasteiger partial charge in [-0.25, -0.2) is 9.13 Å². The van der Waals surface area contributed by atoms with Crippen molar-refractivity contribution in [3.63, 3.8) is 0 Å². The number of aromatic nitrogens is 2. The van der Waals surface area contributed by atoms with Gasteiger partial charge in [-0.15, -0.1) is 0 Å². The van der Waals surface area contributed by atoms with Gasteiger partial charge in [-0.1, -0.05) is 40.6 Å². The minimum Gasteiger partial charge on any atom is -0.411 e. The third-order valence-corrected chi connectivity index (χ3v) is 4.22. The van der Waals surface area contributed by atoms with Crippen LogP contribution >= 0.6 is 0 Å². The van der Waals surface area contributed by atoms with Gasteiger partial charge in [0, 0.05) is 35.4 Å². The van der Waals surface area contributed by atoms with Crippen molar-refractivity contribution in [1.82, 2.24) is 0 Å². The number of aryl methyl sites for hydroxylation is 2. The Kier molecular flexibility index (Phi) is 7.26. The highest BCUT2D eigenvalue weighted by molar-refractivity contribution is 5.78. The van der Waals surface area contributed by atoms with Crippen molar-refractivity contribution in [1.29, 1.82) is 0 Å². The van der Waals surface area contributed by atoms with Crippen LogP contribution in [-0.4, -0.2) is 17.6 Å². The van der Waals surface area contributed by atoms with Gasteiger partial charge in [0.25, 0.3) is 0 Å². The summed E-state index contributed by atoms with van der Waals surface area (Å²) in [4.78, 5) is 5.33. The highest BCUT2D eigenvalue weighted by Crippen LogP contribution is 2.01. The monoisotopic (exact) mass is 376 g/mol. The van der Waals surface area contributed by atoms with E-state index in [1.165, 1.54) is 6.21 Å². The lowest BCUT2D eigenvalue weighted by Crippen LogP contribution is -2.38. The van der Waals surface area contributed by atoms with Gasteiger partial charge in [0.15, 0.2) is 37.9 Å². The summed E-state index contributed by atoms with van der Waals surface area (Å²) in [6, 6.07) is 17.8. The smallest absolute Gasteiger partial charge is 0.169 e. The summed E-state index contributed by atoms with van der Waals surface area (Å²) < 4.78 is 4.26. The van der Waals surface area contributed by atoms with Crippen LogP contribution in [0, 0.1) is 0 Å². The van der Waals surface area contributed by atoms with Crippen molar-refractivity contribution in [3.05, 3.63) is 96.1 Å². The van der Waals surface area contributed by atoms with E-state index in [4.69, 9.17) is 10.0 Å². The van der Waals surface area contributed by atoms with Crippen molar-refractivity contribution in [2.24, 2.45) is 10.3 Å². The molecule has 2 heterocycles. The standard InChI is InChI=1S/C22H23N4O2/c27-23-17-20-7-13-25(14-8-20)11-4-12-26-15-9-21(10-16-26)18-24-28-19-22-5-2-1-3-6-22/h1-3,5-10,13-18H,4,11-12,19H2/q+1/p+1/b24-18+. The molecule has 0 amide bonds. The quantitative estimate of drug-likeness (QED) is 0.270. The van der Waals surface area contributed by atoms with E-state index in [9.17, 15) is 0 Å². The van der Waals surface area contributed by atoms with Gasteiger partial charge in [0.2, 0.25) is 0 Å². The second-order valence-electron chi connectivity index (χ2n) is 6.33. The molecule has 3 rings (SSSR count). The van der Waals surface area contributed by atoms with Crippen molar-refractivity contribution in [2.75, 3.05) is 0 Å². The Hall–Kier alpha value is -3.54. The molecule has 1 aromatic carbocycles. The van der Waals surface area contributed by atoms with Crippen LogP contribution in [0.15, 0.2) is 89.7 Å². The molecule has 0 saturated carbocycles. The van der Waals surface area contributed by atoms with Crippen molar-refractivity contribution in [2.45, 2.75) is 26.1 Å². The summed E-state index contributed by atoms with van der Waals surface area (Å²) in [5.74, 6) is 0. The lowest BCUT2D eigenvalue weighted by atomic mass is 10.2. The van der Waals surface area contributed by atoms with Crippen molar-refractivity contribution in [3.8, 4) is 0 Å². The highest BCUT2D eigenvalue weighted by Gasteiger charge is 2.05. The minimum atomic E-state index is 0.468. The minimum absolute atomic E-state index is 0.468. The lowest BCUT2D eigenvalue weighted by molar-refractivity contribution is -0.726. The van der Waals surface area contributed by atoms with E-state index < -0.39 is 0 Å². The number of oxime groups is 2. The third-order valence-electron chi connectivity index (χ3n) is 4.22. The summed E-state index contributed by atoms with van der Waals surface area (Å²) >= 11 is 0. The van der Waals surface area contributed by atoms with Crippen LogP contribution in [0.5, 0.6) is 0 Å². The van der Waals surface area contributed by atoms with Crippen molar-refractivity contribution < 1.29 is 19.2 Å². The zero-order chi connectivity index (χ0) is 19.4. The van der Waals surface area contributed by atoms with Gasteiger partial charge in [0.1, 0.15) is 6.61 Å². The summed E-state index contributed by atoms with van der Waals surface area (Å²) in [6.45, 7) is 2.31. The van der Waals surface area contributed by atoms with E-state index in [2.05, 4.69) is 19.4 Å². The molecule has 0 atom stereocenters. The van der Waals surface area contributed by atoms with Gasteiger partial charge in [-0.3, -0.25) is 0 Å². The second kappa shape index (κ2) is 10.6. The maximum absolute atomic E-state index is 8.53. The van der Waals surface area contributed by atoms with Crippen LogP contribution in [0.1, 0.15) is 23.1 Å². The predicted octanol–water partition coefficient (Wildman–Crippen LogP) is 2.71. The van der Waals surface area contributed by atoms with E-state index >= 15 is 0 Å². The number of nitrogens with zero attached hydrogens (tertiary/aromatic N) is 4. The van der Waals surface area contributed by atoms with E-state index in [0.717, 1.165) is 36.2 Å². The Bertz CT molecular complexity index is 892. The topological polar surface area (TPSA) is 61.9 Å². The Morgan fingerprint density at radius 2 is 1.36 bits per heavy atom. The Morgan fingerprint density at radius 3 is 1.93 bits per heavy atom. The first kappa shape index (κ1) is 19.2. The maximum atomic E-state index is 8.53. The molecule has 0 aliphatic rings. The molecule has 0 fully saturated rings. The number of hydrogen-bond acceptors (Lipinski definition) is 4. The molecule has 3 aromatic rings. The molecular formula is C22H24N4O2+2. The summed E-state index contributed by atoms with van der Waals surface area (Å²) in [6.07, 6.45) is 12.2. The van der Waals surface area contributed by atoms with Crippen LogP contribution in [0.2, 0.25) is 0 Å². The molecule has 0 radical (unpaired) electrons. The van der Waals surface area contributed by atoms with Gasteiger partial charge >= 0.3 is 0 Å². The molecule has 0 bridgehead atoms. The van der Waals surface area contributed by atoms with Crippen LogP contribution < -0.4 is 9.13 Å². The first-order valence-corrected chi connectivity index (χ1v) is 9.18. The fourth-order valence-corrected chi connectivity index (χ4v) is 2.69. The molecule has 0 saturated heterocycles. The van der Waals surface area contributed by atoms with Gasteiger partial charge in [-0.05, 0) is 5.56 Å². The van der Waals surface area contributed by atoms with Crippen LogP contribution in [0.3, 0.4) is 0 Å². The normalized spacial score (nSPS) is 11.3. The number of hydrogen-bond donors (Lipinski definition) is 1. The van der Waals surface area contributed by atoms with Crippen LogP contribution in [0.25, 0.3) is 0 Å². The molecule has 0 aliphatic heterocycles. The highest BCUT2D eigenvalue weighted by atomic mass is 16.6. The Balaban J connectivity index is 1.40. The zero-order valence-electron chi connectivity index (χ0n) is 15.6. The molecule has 6 heteroatoms.